The van der Waals surface area contributed by atoms with Gasteiger partial charge in [-0.15, -0.1) is 0 Å². The summed E-state index contributed by atoms with van der Waals surface area (Å²) < 4.78 is 5.66. The van der Waals surface area contributed by atoms with Crippen molar-refractivity contribution in [2.24, 2.45) is 0 Å². The molecule has 2 rings (SSSR count). The molecule has 4 heteroatoms. The molecule has 2 aliphatic heterocycles. The van der Waals surface area contributed by atoms with Crippen LogP contribution in [0.4, 0.5) is 0 Å². The molecular weight excluding hydrogens is 156 g/mol. The minimum Gasteiger partial charge on any atom is -0.369 e. The van der Waals surface area contributed by atoms with Gasteiger partial charge in [-0.3, -0.25) is 4.79 Å². The highest BCUT2D eigenvalue weighted by Crippen LogP contribution is 2.26. The van der Waals surface area contributed by atoms with E-state index in [-0.39, 0.29) is 5.60 Å². The minimum absolute atomic E-state index is 0.0338. The maximum atomic E-state index is 10.5. The van der Waals surface area contributed by atoms with Gasteiger partial charge in [-0.25, -0.2) is 0 Å². The van der Waals surface area contributed by atoms with Crippen LogP contribution < -0.4 is 0 Å². The van der Waals surface area contributed by atoms with Crippen LogP contribution in [0.1, 0.15) is 0 Å². The molecule has 0 aromatic rings. The molecule has 2 heterocycles. The van der Waals surface area contributed by atoms with E-state index in [0.29, 0.717) is 6.61 Å². The van der Waals surface area contributed by atoms with E-state index in [1.165, 1.54) is 0 Å². The molecule has 2 saturated heterocycles. The molecule has 68 valence electrons. The first-order valence-electron chi connectivity index (χ1n) is 4.26. The number of hydrogen-bond donors (Lipinski definition) is 0. The van der Waals surface area contributed by atoms with Crippen molar-refractivity contribution >= 4 is 6.41 Å². The van der Waals surface area contributed by atoms with Crippen molar-refractivity contribution in [3.05, 3.63) is 0 Å². The second-order valence-electron chi connectivity index (χ2n) is 3.78. The fraction of sp³-hybridized carbons (Fsp3) is 0.875. The summed E-state index contributed by atoms with van der Waals surface area (Å²) in [4.78, 5) is 14.5. The molecule has 2 fully saturated rings. The summed E-state index contributed by atoms with van der Waals surface area (Å²) >= 11 is 0. The van der Waals surface area contributed by atoms with Crippen LogP contribution in [0.15, 0.2) is 0 Å². The van der Waals surface area contributed by atoms with E-state index in [0.717, 1.165) is 32.6 Å². The molecule has 12 heavy (non-hydrogen) atoms. The first-order valence-corrected chi connectivity index (χ1v) is 4.26. The highest BCUT2D eigenvalue weighted by Gasteiger charge is 2.45. The summed E-state index contributed by atoms with van der Waals surface area (Å²) in [6.07, 6.45) is 0.919. The molecule has 1 amide bonds. The molecule has 0 aliphatic carbocycles. The maximum absolute atomic E-state index is 10.5. The molecule has 4 nitrogen and oxygen atoms in total. The number of likely N-dealkylation sites (tertiary alicyclic amines) is 1. The lowest BCUT2D eigenvalue weighted by molar-refractivity contribution is -0.178. The van der Waals surface area contributed by atoms with Crippen molar-refractivity contribution in [3.8, 4) is 0 Å². The van der Waals surface area contributed by atoms with Gasteiger partial charge in [-0.05, 0) is 7.05 Å². The average molecular weight is 170 g/mol. The Hall–Kier alpha value is -0.610. The van der Waals surface area contributed by atoms with Crippen molar-refractivity contribution in [1.82, 2.24) is 9.80 Å². The standard InChI is InChI=1S/C8H14N2O2/c1-9-4-8(5-9)6-10(7-11)2-3-12-8/h7H,2-6H2,1H3. The monoisotopic (exact) mass is 170 g/mol. The third kappa shape index (κ3) is 1.21. The second-order valence-corrected chi connectivity index (χ2v) is 3.78. The topological polar surface area (TPSA) is 32.8 Å². The van der Waals surface area contributed by atoms with Crippen LogP contribution in [-0.2, 0) is 9.53 Å². The van der Waals surface area contributed by atoms with E-state index < -0.39 is 0 Å². The van der Waals surface area contributed by atoms with Gasteiger partial charge in [0.05, 0.1) is 13.2 Å². The van der Waals surface area contributed by atoms with E-state index in [1.54, 1.807) is 4.90 Å². The van der Waals surface area contributed by atoms with E-state index >= 15 is 0 Å². The average Bonchev–Trinajstić information content (AvgIpc) is 2.02. The van der Waals surface area contributed by atoms with Crippen LogP contribution in [0.25, 0.3) is 0 Å². The molecule has 0 unspecified atom stereocenters. The van der Waals surface area contributed by atoms with Crippen LogP contribution in [0.2, 0.25) is 0 Å². The highest BCUT2D eigenvalue weighted by atomic mass is 16.5. The summed E-state index contributed by atoms with van der Waals surface area (Å²) in [5, 5.41) is 0. The Morgan fingerprint density at radius 1 is 1.42 bits per heavy atom. The fourth-order valence-electron chi connectivity index (χ4n) is 2.09. The molecule has 1 spiro atoms. The van der Waals surface area contributed by atoms with Crippen molar-refractivity contribution in [3.63, 3.8) is 0 Å². The number of amides is 1. The van der Waals surface area contributed by atoms with Crippen LogP contribution in [-0.4, -0.2) is 61.6 Å². The van der Waals surface area contributed by atoms with Gasteiger partial charge in [0.15, 0.2) is 0 Å². The van der Waals surface area contributed by atoms with E-state index in [1.807, 2.05) is 0 Å². The number of likely N-dealkylation sites (N-methyl/N-ethyl adjacent to an activating group) is 1. The van der Waals surface area contributed by atoms with Crippen molar-refractivity contribution < 1.29 is 9.53 Å². The molecule has 0 N–H and O–H groups in total. The number of carbonyl (C=O) groups excluding carboxylic acids is 1. The molecule has 0 saturated carbocycles. The zero-order valence-corrected chi connectivity index (χ0v) is 7.32. The van der Waals surface area contributed by atoms with Crippen LogP contribution in [0, 0.1) is 0 Å². The van der Waals surface area contributed by atoms with Gasteiger partial charge in [0.2, 0.25) is 6.41 Å². The van der Waals surface area contributed by atoms with Gasteiger partial charge in [0.25, 0.3) is 0 Å². The quantitative estimate of drug-likeness (QED) is 0.481. The first kappa shape index (κ1) is 8.01. The molecule has 0 aromatic heterocycles. The Balaban J connectivity index is 1.95. The summed E-state index contributed by atoms with van der Waals surface area (Å²) in [7, 11) is 2.06. The summed E-state index contributed by atoms with van der Waals surface area (Å²) in [6, 6.07) is 0. The molecule has 0 atom stereocenters. The highest BCUT2D eigenvalue weighted by molar-refractivity contribution is 5.47. The predicted octanol–water partition coefficient (Wildman–Crippen LogP) is -0.841. The van der Waals surface area contributed by atoms with Crippen molar-refractivity contribution in [2.45, 2.75) is 5.60 Å². The van der Waals surface area contributed by atoms with Crippen LogP contribution in [0.3, 0.4) is 0 Å². The zero-order valence-electron chi connectivity index (χ0n) is 7.32. The molecule has 0 radical (unpaired) electrons. The summed E-state index contributed by atoms with van der Waals surface area (Å²) in [5.41, 5.74) is -0.0338. The van der Waals surface area contributed by atoms with E-state index in [2.05, 4.69) is 11.9 Å². The largest absolute Gasteiger partial charge is 0.369 e. The van der Waals surface area contributed by atoms with E-state index in [4.69, 9.17) is 4.74 Å². The lowest BCUT2D eigenvalue weighted by atomic mass is 9.93. The van der Waals surface area contributed by atoms with E-state index in [9.17, 15) is 4.79 Å². The number of carbonyl (C=O) groups is 1. The third-order valence-corrected chi connectivity index (χ3v) is 2.54. The molecular formula is C8H14N2O2. The molecule has 0 bridgehead atoms. The number of rotatable bonds is 1. The normalized spacial score (nSPS) is 28.6. The SMILES string of the molecule is CN1CC2(C1)CN(C=O)CCO2. The minimum atomic E-state index is -0.0338. The Kier molecular flexibility index (Phi) is 1.81. The van der Waals surface area contributed by atoms with Gasteiger partial charge >= 0.3 is 0 Å². The zero-order chi connectivity index (χ0) is 8.60. The number of morpholine rings is 1. The molecule has 0 aromatic carbocycles. The van der Waals surface area contributed by atoms with Crippen molar-refractivity contribution in [2.75, 3.05) is 39.8 Å². The fourth-order valence-corrected chi connectivity index (χ4v) is 2.09. The maximum Gasteiger partial charge on any atom is 0.209 e. The van der Waals surface area contributed by atoms with Gasteiger partial charge in [0.1, 0.15) is 5.60 Å². The lowest BCUT2D eigenvalue weighted by Gasteiger charge is -2.52. The third-order valence-electron chi connectivity index (χ3n) is 2.54. The Bertz CT molecular complexity index is 184. The number of ether oxygens (including phenoxy) is 1. The Labute approximate surface area is 72.1 Å². The smallest absolute Gasteiger partial charge is 0.209 e. The van der Waals surface area contributed by atoms with Crippen LogP contribution >= 0.6 is 0 Å². The Morgan fingerprint density at radius 2 is 2.17 bits per heavy atom. The van der Waals surface area contributed by atoms with Crippen LogP contribution in [0.5, 0.6) is 0 Å². The number of hydrogen-bond acceptors (Lipinski definition) is 3. The second kappa shape index (κ2) is 2.71. The molecule has 2 aliphatic rings. The summed E-state index contributed by atoms with van der Waals surface area (Å²) in [5.74, 6) is 0. The summed E-state index contributed by atoms with van der Waals surface area (Å²) in [6.45, 7) is 4.11. The first-order chi connectivity index (χ1) is 5.74. The van der Waals surface area contributed by atoms with Crippen molar-refractivity contribution in [1.29, 1.82) is 0 Å². The van der Waals surface area contributed by atoms with Gasteiger partial charge in [0, 0.05) is 19.6 Å². The Morgan fingerprint density at radius 3 is 2.75 bits per heavy atom. The van der Waals surface area contributed by atoms with Gasteiger partial charge < -0.3 is 14.5 Å². The van der Waals surface area contributed by atoms with Gasteiger partial charge in [-0.2, -0.15) is 0 Å². The number of nitrogens with zero attached hydrogens (tertiary/aromatic N) is 2. The lowest BCUT2D eigenvalue weighted by Crippen LogP contribution is -2.68. The predicted molar refractivity (Wildman–Crippen MR) is 43.8 cm³/mol. The van der Waals surface area contributed by atoms with Gasteiger partial charge in [-0.1, -0.05) is 0 Å².